The van der Waals surface area contributed by atoms with E-state index in [0.717, 1.165) is 12.8 Å². The molecule has 0 saturated carbocycles. The van der Waals surface area contributed by atoms with E-state index in [1.165, 1.54) is 4.57 Å². The van der Waals surface area contributed by atoms with Crippen molar-refractivity contribution in [3.05, 3.63) is 34.3 Å². The van der Waals surface area contributed by atoms with E-state index in [0.29, 0.717) is 23.3 Å². The summed E-state index contributed by atoms with van der Waals surface area (Å²) in [6.45, 7) is 2.01. The zero-order valence-electron chi connectivity index (χ0n) is 11.3. The molecule has 108 valence electrons. The normalized spacial score (nSPS) is 10.9. The maximum atomic E-state index is 11.7. The lowest BCUT2D eigenvalue weighted by Crippen LogP contribution is -2.22. The van der Waals surface area contributed by atoms with Crippen LogP contribution in [0.5, 0.6) is 0 Å². The Morgan fingerprint density at radius 3 is 2.95 bits per heavy atom. The third-order valence-electron chi connectivity index (χ3n) is 2.96. The van der Waals surface area contributed by atoms with E-state index in [9.17, 15) is 9.59 Å². The Morgan fingerprint density at radius 1 is 1.45 bits per heavy atom. The fourth-order valence-corrected chi connectivity index (χ4v) is 1.86. The molecule has 0 radical (unpaired) electrons. The summed E-state index contributed by atoms with van der Waals surface area (Å²) in [6.07, 6.45) is 1.73. The summed E-state index contributed by atoms with van der Waals surface area (Å²) in [5.41, 5.74) is 1.51. The van der Waals surface area contributed by atoms with Crippen LogP contribution in [0.25, 0.3) is 11.1 Å². The fourth-order valence-electron chi connectivity index (χ4n) is 1.86. The molecule has 1 heterocycles. The first-order chi connectivity index (χ1) is 9.65. The number of aromatic nitrogens is 1. The number of carbonyl (C=O) groups is 1. The summed E-state index contributed by atoms with van der Waals surface area (Å²) in [6, 6.07) is 4.88. The van der Waals surface area contributed by atoms with Crippen molar-refractivity contribution in [1.82, 2.24) is 4.57 Å². The van der Waals surface area contributed by atoms with Gasteiger partial charge >= 0.3 is 11.7 Å². The first kappa shape index (κ1) is 14.3. The van der Waals surface area contributed by atoms with Crippen LogP contribution in [0.4, 0.5) is 0 Å². The molecule has 0 aliphatic carbocycles. The molecule has 0 saturated heterocycles. The molecule has 6 nitrogen and oxygen atoms in total. The topological polar surface area (TPSA) is 81.7 Å². The summed E-state index contributed by atoms with van der Waals surface area (Å²) < 4.78 is 11.3. The molecule has 2 rings (SSSR count). The molecule has 0 fully saturated rings. The van der Waals surface area contributed by atoms with Crippen LogP contribution >= 0.6 is 0 Å². The smallest absolute Gasteiger partial charge is 0.420 e. The Hall–Kier alpha value is -2.08. The molecule has 0 unspecified atom stereocenters. The summed E-state index contributed by atoms with van der Waals surface area (Å²) in [5, 5.41) is 9.11. The van der Waals surface area contributed by atoms with Crippen molar-refractivity contribution in [2.75, 3.05) is 6.61 Å². The highest BCUT2D eigenvalue weighted by Crippen LogP contribution is 2.15. The molecule has 1 aromatic carbocycles. The number of hydrogen-bond donors (Lipinski definition) is 1. The standard InChI is InChI=1S/C14H17NO5/c1-2-3-6-19-13(17)8-15-11-7-10(9-16)4-5-12(11)20-14(15)18/h4-5,7,16H,2-3,6,8-9H2,1H3. The van der Waals surface area contributed by atoms with Crippen molar-refractivity contribution in [2.24, 2.45) is 0 Å². The zero-order valence-corrected chi connectivity index (χ0v) is 11.3. The van der Waals surface area contributed by atoms with E-state index in [-0.39, 0.29) is 13.2 Å². The minimum absolute atomic E-state index is 0.143. The van der Waals surface area contributed by atoms with E-state index < -0.39 is 11.7 Å². The number of oxazole rings is 1. The van der Waals surface area contributed by atoms with Crippen molar-refractivity contribution in [3.8, 4) is 0 Å². The third-order valence-corrected chi connectivity index (χ3v) is 2.96. The van der Waals surface area contributed by atoms with Gasteiger partial charge in [-0.2, -0.15) is 0 Å². The van der Waals surface area contributed by atoms with Crippen LogP contribution in [0, 0.1) is 0 Å². The number of esters is 1. The monoisotopic (exact) mass is 279 g/mol. The number of carbonyl (C=O) groups excluding carboxylic acids is 1. The Balaban J connectivity index is 2.22. The van der Waals surface area contributed by atoms with E-state index in [1.54, 1.807) is 18.2 Å². The fraction of sp³-hybridized carbons (Fsp3) is 0.429. The van der Waals surface area contributed by atoms with Crippen LogP contribution in [-0.4, -0.2) is 22.2 Å². The number of ether oxygens (including phenoxy) is 1. The zero-order chi connectivity index (χ0) is 14.5. The second-order valence-corrected chi connectivity index (χ2v) is 4.49. The van der Waals surface area contributed by atoms with E-state index in [1.807, 2.05) is 6.92 Å². The van der Waals surface area contributed by atoms with Gasteiger partial charge < -0.3 is 14.3 Å². The summed E-state index contributed by atoms with van der Waals surface area (Å²) in [4.78, 5) is 23.4. The molecule has 1 aromatic heterocycles. The maximum Gasteiger partial charge on any atom is 0.420 e. The van der Waals surface area contributed by atoms with Gasteiger partial charge in [-0.25, -0.2) is 4.79 Å². The summed E-state index contributed by atoms with van der Waals surface area (Å²) >= 11 is 0. The number of rotatable bonds is 6. The lowest BCUT2D eigenvalue weighted by atomic mass is 10.2. The number of hydrogen-bond acceptors (Lipinski definition) is 5. The van der Waals surface area contributed by atoms with Gasteiger partial charge in [0.25, 0.3) is 0 Å². The molecule has 0 atom stereocenters. The first-order valence-electron chi connectivity index (χ1n) is 6.54. The van der Waals surface area contributed by atoms with Gasteiger partial charge in [0.2, 0.25) is 0 Å². The molecule has 0 aliphatic heterocycles. The minimum atomic E-state index is -0.609. The van der Waals surface area contributed by atoms with Gasteiger partial charge in [0.05, 0.1) is 18.7 Å². The van der Waals surface area contributed by atoms with E-state index >= 15 is 0 Å². The van der Waals surface area contributed by atoms with E-state index in [4.69, 9.17) is 14.3 Å². The number of aliphatic hydroxyl groups excluding tert-OH is 1. The van der Waals surface area contributed by atoms with Crippen LogP contribution in [-0.2, 0) is 22.7 Å². The molecule has 0 amide bonds. The van der Waals surface area contributed by atoms with Crippen molar-refractivity contribution in [3.63, 3.8) is 0 Å². The molecular weight excluding hydrogens is 262 g/mol. The molecule has 0 spiro atoms. The van der Waals surface area contributed by atoms with Gasteiger partial charge in [0, 0.05) is 0 Å². The number of benzene rings is 1. The Morgan fingerprint density at radius 2 is 2.25 bits per heavy atom. The average molecular weight is 279 g/mol. The summed E-state index contributed by atoms with van der Waals surface area (Å²) in [5.74, 6) is -1.08. The van der Waals surface area contributed by atoms with Crippen LogP contribution in [0.2, 0.25) is 0 Å². The maximum absolute atomic E-state index is 11.7. The first-order valence-corrected chi connectivity index (χ1v) is 6.54. The quantitative estimate of drug-likeness (QED) is 0.639. The molecule has 0 aliphatic rings. The third kappa shape index (κ3) is 3.08. The second kappa shape index (κ2) is 6.38. The number of unbranched alkanes of at least 4 members (excludes halogenated alkanes) is 1. The number of nitrogens with zero attached hydrogens (tertiary/aromatic N) is 1. The molecule has 20 heavy (non-hydrogen) atoms. The minimum Gasteiger partial charge on any atom is -0.464 e. The number of fused-ring (bicyclic) bond motifs is 1. The van der Waals surface area contributed by atoms with Crippen LogP contribution in [0.1, 0.15) is 25.3 Å². The van der Waals surface area contributed by atoms with Crippen molar-refractivity contribution < 1.29 is 19.1 Å². The molecule has 0 bridgehead atoms. The Bertz CT molecular complexity index is 655. The largest absolute Gasteiger partial charge is 0.464 e. The lowest BCUT2D eigenvalue weighted by Gasteiger charge is -2.04. The second-order valence-electron chi connectivity index (χ2n) is 4.49. The van der Waals surface area contributed by atoms with Gasteiger partial charge in [-0.05, 0) is 24.1 Å². The molecular formula is C14H17NO5. The molecule has 1 N–H and O–H groups in total. The predicted octanol–water partition coefficient (Wildman–Crippen LogP) is 1.43. The van der Waals surface area contributed by atoms with Crippen molar-refractivity contribution in [2.45, 2.75) is 32.9 Å². The van der Waals surface area contributed by atoms with Crippen molar-refractivity contribution >= 4 is 17.1 Å². The molecule has 6 heteroatoms. The highest BCUT2D eigenvalue weighted by molar-refractivity contribution is 5.77. The Kier molecular flexibility index (Phi) is 4.57. The molecule has 2 aromatic rings. The Labute approximate surface area is 115 Å². The average Bonchev–Trinajstić information content (AvgIpc) is 2.75. The highest BCUT2D eigenvalue weighted by Gasteiger charge is 2.13. The van der Waals surface area contributed by atoms with Gasteiger partial charge in [0.15, 0.2) is 5.58 Å². The van der Waals surface area contributed by atoms with Gasteiger partial charge in [-0.15, -0.1) is 0 Å². The van der Waals surface area contributed by atoms with Gasteiger partial charge in [-0.3, -0.25) is 9.36 Å². The van der Waals surface area contributed by atoms with Gasteiger partial charge in [-0.1, -0.05) is 19.4 Å². The summed E-state index contributed by atoms with van der Waals surface area (Å²) in [7, 11) is 0. The lowest BCUT2D eigenvalue weighted by molar-refractivity contribution is -0.144. The van der Waals surface area contributed by atoms with E-state index in [2.05, 4.69) is 0 Å². The van der Waals surface area contributed by atoms with Gasteiger partial charge in [0.1, 0.15) is 6.54 Å². The SMILES string of the molecule is CCCCOC(=O)Cn1c(=O)oc2ccc(CO)cc21. The predicted molar refractivity (Wildman–Crippen MR) is 72.3 cm³/mol. The van der Waals surface area contributed by atoms with Crippen molar-refractivity contribution in [1.29, 1.82) is 0 Å². The highest BCUT2D eigenvalue weighted by atomic mass is 16.5. The van der Waals surface area contributed by atoms with Crippen LogP contribution in [0.15, 0.2) is 27.4 Å². The number of aliphatic hydroxyl groups is 1. The van der Waals surface area contributed by atoms with Crippen LogP contribution in [0.3, 0.4) is 0 Å². The van der Waals surface area contributed by atoms with Crippen LogP contribution < -0.4 is 5.76 Å².